The predicted octanol–water partition coefficient (Wildman–Crippen LogP) is 4.00. The number of aliphatic hydroxyl groups is 1. The lowest BCUT2D eigenvalue weighted by Crippen LogP contribution is -2.39. The molecule has 0 atom stereocenters. The van der Waals surface area contributed by atoms with Crippen LogP contribution in [0.3, 0.4) is 0 Å². The highest BCUT2D eigenvalue weighted by Gasteiger charge is 2.37. The Balaban J connectivity index is 2.55. The zero-order chi connectivity index (χ0) is 16.8. The molecule has 0 radical (unpaired) electrons. The molecule has 126 valence electrons. The van der Waals surface area contributed by atoms with E-state index in [0.717, 1.165) is 30.4 Å². The summed E-state index contributed by atoms with van der Waals surface area (Å²) in [6.45, 7) is 11.0. The highest BCUT2D eigenvalue weighted by Crippen LogP contribution is 2.39. The van der Waals surface area contributed by atoms with Crippen LogP contribution in [0.5, 0.6) is 0 Å². The van der Waals surface area contributed by atoms with Crippen molar-refractivity contribution in [1.82, 2.24) is 4.90 Å². The average molecular weight is 388 g/mol. The summed E-state index contributed by atoms with van der Waals surface area (Å²) in [5.41, 5.74) is 1.25. The number of hydrogen-bond acceptors (Lipinski definition) is 3. The van der Waals surface area contributed by atoms with Gasteiger partial charge in [0.05, 0.1) is 6.61 Å². The normalized spacial score (nSPS) is 12.9. The molecule has 3 nitrogen and oxygen atoms in total. The average Bonchev–Trinajstić information content (AvgIpc) is 2.37. The lowest BCUT2D eigenvalue weighted by atomic mass is 10.1. The lowest BCUT2D eigenvalue weighted by molar-refractivity contribution is 0.186. The summed E-state index contributed by atoms with van der Waals surface area (Å²) in [5.74, 6) is 0. The molecule has 0 amide bonds. The van der Waals surface area contributed by atoms with E-state index >= 15 is 0 Å². The molecule has 2 N–H and O–H groups in total. The van der Waals surface area contributed by atoms with Crippen LogP contribution in [0.2, 0.25) is 18.1 Å². The van der Waals surface area contributed by atoms with Crippen molar-refractivity contribution >= 4 is 24.2 Å². The molecule has 0 saturated heterocycles. The largest absolute Gasteiger partial charge is 0.432 e. The Morgan fingerprint density at radius 2 is 1.91 bits per heavy atom. The zero-order valence-corrected chi connectivity index (χ0v) is 16.9. The van der Waals surface area contributed by atoms with Crippen LogP contribution in [0.15, 0.2) is 28.7 Å². The number of rotatable bonds is 9. The van der Waals surface area contributed by atoms with Crippen LogP contribution < -0.4 is 0 Å². The van der Waals surface area contributed by atoms with Gasteiger partial charge in [0, 0.05) is 17.6 Å². The van der Waals surface area contributed by atoms with Gasteiger partial charge in [0.1, 0.15) is 0 Å². The van der Waals surface area contributed by atoms with E-state index in [0.29, 0.717) is 6.54 Å². The summed E-state index contributed by atoms with van der Waals surface area (Å²) in [4.78, 5) is 12.6. The van der Waals surface area contributed by atoms with Gasteiger partial charge in [-0.15, -0.1) is 0 Å². The molecule has 0 aliphatic heterocycles. The Morgan fingerprint density at radius 1 is 1.23 bits per heavy atom. The van der Waals surface area contributed by atoms with Crippen LogP contribution in [0.4, 0.5) is 0 Å². The van der Waals surface area contributed by atoms with Crippen LogP contribution in [-0.2, 0) is 6.54 Å². The van der Waals surface area contributed by atoms with Crippen LogP contribution in [0.25, 0.3) is 0 Å². The molecule has 0 heterocycles. The fourth-order valence-electron chi connectivity index (χ4n) is 2.36. The Hall–Kier alpha value is -0.203. The van der Waals surface area contributed by atoms with Crippen molar-refractivity contribution in [3.63, 3.8) is 0 Å². The second-order valence-electron chi connectivity index (χ2n) is 7.18. The van der Waals surface area contributed by atoms with Crippen LogP contribution in [-0.4, -0.2) is 42.8 Å². The van der Waals surface area contributed by atoms with Gasteiger partial charge in [-0.05, 0) is 55.2 Å². The second kappa shape index (κ2) is 8.59. The maximum atomic E-state index is 10.4. The van der Waals surface area contributed by atoms with Crippen molar-refractivity contribution in [1.29, 1.82) is 0 Å². The first-order valence-electron chi connectivity index (χ1n) is 7.96. The molecule has 0 aliphatic carbocycles. The van der Waals surface area contributed by atoms with Gasteiger partial charge in [-0.2, -0.15) is 0 Å². The number of benzene rings is 1. The van der Waals surface area contributed by atoms with Gasteiger partial charge in [-0.3, -0.25) is 4.90 Å². The first-order valence-corrected chi connectivity index (χ1v) is 11.7. The molecule has 1 aromatic rings. The Morgan fingerprint density at radius 3 is 2.45 bits per heavy atom. The minimum Gasteiger partial charge on any atom is -0.432 e. The fraction of sp³-hybridized carbons (Fsp3) is 0.647. The Kier molecular flexibility index (Phi) is 7.75. The van der Waals surface area contributed by atoms with Crippen molar-refractivity contribution in [2.75, 3.05) is 19.7 Å². The third-order valence-electron chi connectivity index (χ3n) is 4.64. The molecule has 0 aromatic heterocycles. The predicted molar refractivity (Wildman–Crippen MR) is 99.5 cm³/mol. The Bertz CT molecular complexity index is 460. The molecule has 0 aliphatic rings. The first-order chi connectivity index (χ1) is 10.2. The van der Waals surface area contributed by atoms with Crippen molar-refractivity contribution in [2.24, 2.45) is 0 Å². The van der Waals surface area contributed by atoms with Crippen LogP contribution in [0.1, 0.15) is 32.3 Å². The van der Waals surface area contributed by atoms with Crippen molar-refractivity contribution < 1.29 is 9.90 Å². The third kappa shape index (κ3) is 6.50. The number of aliphatic hydroxyl groups excluding tert-OH is 1. The summed E-state index contributed by atoms with van der Waals surface area (Å²) in [5, 5.41) is 9.30. The Labute approximate surface area is 144 Å². The zero-order valence-electron chi connectivity index (χ0n) is 14.3. The van der Waals surface area contributed by atoms with E-state index in [4.69, 9.17) is 0 Å². The summed E-state index contributed by atoms with van der Waals surface area (Å²) in [7, 11) is -2.13. The van der Waals surface area contributed by atoms with E-state index in [-0.39, 0.29) is 11.6 Å². The minimum atomic E-state index is -2.13. The van der Waals surface area contributed by atoms with Crippen molar-refractivity contribution in [3.8, 4) is 0 Å². The molecule has 0 saturated carbocycles. The van der Waals surface area contributed by atoms with Crippen LogP contribution >= 0.6 is 15.9 Å². The van der Waals surface area contributed by atoms with E-state index in [1.165, 1.54) is 5.56 Å². The van der Waals surface area contributed by atoms with Gasteiger partial charge in [-0.25, -0.2) is 0 Å². The molecule has 5 heteroatoms. The molecular weight excluding hydrogens is 358 g/mol. The summed E-state index contributed by atoms with van der Waals surface area (Å²) < 4.78 is 1.09. The number of hydrogen-bond donors (Lipinski definition) is 2. The standard InChI is InChI=1S/C17H30BrNO2Si/c1-17(2,22(3,4)21)9-6-10-19(11-12-20)14-15-7-5-8-16(18)13-15/h5,7-8,13,20-21H,6,9-12,14H2,1-4H3. The topological polar surface area (TPSA) is 43.7 Å². The molecule has 1 aromatic carbocycles. The maximum absolute atomic E-state index is 10.4. The van der Waals surface area contributed by atoms with E-state index in [1.54, 1.807) is 0 Å². The van der Waals surface area contributed by atoms with Crippen molar-refractivity contribution in [2.45, 2.75) is 51.4 Å². The first kappa shape index (κ1) is 19.8. The van der Waals surface area contributed by atoms with Gasteiger partial charge >= 0.3 is 0 Å². The maximum Gasteiger partial charge on any atom is 0.188 e. The van der Waals surface area contributed by atoms with Crippen LogP contribution in [0, 0.1) is 0 Å². The molecular formula is C17H30BrNO2Si. The SMILES string of the molecule is CC(C)(CCCN(CCO)Cc1cccc(Br)c1)[Si](C)(C)O. The molecule has 22 heavy (non-hydrogen) atoms. The third-order valence-corrected chi connectivity index (χ3v) is 8.70. The number of halogens is 1. The van der Waals surface area contributed by atoms with Crippen molar-refractivity contribution in [3.05, 3.63) is 34.3 Å². The van der Waals surface area contributed by atoms with Gasteiger partial charge < -0.3 is 9.90 Å². The second-order valence-corrected chi connectivity index (χ2v) is 12.6. The van der Waals surface area contributed by atoms with Gasteiger partial charge in [0.25, 0.3) is 0 Å². The van der Waals surface area contributed by atoms with E-state index < -0.39 is 8.32 Å². The molecule has 0 unspecified atom stereocenters. The van der Waals surface area contributed by atoms with Gasteiger partial charge in [-0.1, -0.05) is 41.9 Å². The summed E-state index contributed by atoms with van der Waals surface area (Å²) in [6.07, 6.45) is 2.06. The quantitative estimate of drug-likeness (QED) is 0.629. The van der Waals surface area contributed by atoms with Gasteiger partial charge in [0.15, 0.2) is 8.32 Å². The van der Waals surface area contributed by atoms with Gasteiger partial charge in [0.2, 0.25) is 0 Å². The molecule has 0 spiro atoms. The molecule has 1 rings (SSSR count). The molecule has 0 bridgehead atoms. The van der Waals surface area contributed by atoms with E-state index in [9.17, 15) is 9.90 Å². The highest BCUT2D eigenvalue weighted by molar-refractivity contribution is 9.10. The lowest BCUT2D eigenvalue weighted by Gasteiger charge is -2.35. The van der Waals surface area contributed by atoms with E-state index in [2.05, 4.69) is 46.8 Å². The molecule has 0 fully saturated rings. The highest BCUT2D eigenvalue weighted by atomic mass is 79.9. The monoisotopic (exact) mass is 387 g/mol. The smallest absolute Gasteiger partial charge is 0.188 e. The summed E-state index contributed by atoms with van der Waals surface area (Å²) in [6, 6.07) is 8.30. The number of nitrogens with zero attached hydrogens (tertiary/aromatic N) is 1. The van der Waals surface area contributed by atoms with E-state index in [1.807, 2.05) is 25.2 Å². The fourth-order valence-corrected chi connectivity index (χ4v) is 3.59. The summed E-state index contributed by atoms with van der Waals surface area (Å²) >= 11 is 3.50. The minimum absolute atomic E-state index is 0.0215.